The zero-order chi connectivity index (χ0) is 8.77. The van der Waals surface area contributed by atoms with E-state index in [0.717, 1.165) is 18.5 Å². The van der Waals surface area contributed by atoms with E-state index in [0.29, 0.717) is 4.60 Å². The summed E-state index contributed by atoms with van der Waals surface area (Å²) in [5.74, 6) is 0. The summed E-state index contributed by atoms with van der Waals surface area (Å²) in [7, 11) is 1.75. The van der Waals surface area contributed by atoms with Crippen LogP contribution in [0, 0.1) is 11.3 Å². The number of halogens is 1. The summed E-state index contributed by atoms with van der Waals surface area (Å²) < 4.78 is 0.698. The molecule has 0 spiro atoms. The maximum Gasteiger partial charge on any atom is 0.153 e. The Bertz CT molecular complexity index is 358. The van der Waals surface area contributed by atoms with Gasteiger partial charge in [-0.2, -0.15) is 15.2 Å². The van der Waals surface area contributed by atoms with Gasteiger partial charge < -0.3 is 0 Å². The van der Waals surface area contributed by atoms with Crippen LogP contribution in [-0.4, -0.2) is 15.0 Å². The summed E-state index contributed by atoms with van der Waals surface area (Å²) >= 11 is 3.29. The van der Waals surface area contributed by atoms with Crippen LogP contribution in [0.3, 0.4) is 0 Å². The standard InChI is InChI=1S/C7H7BrN4/c1-12-10-5(6(8)11-12)7(4-9)2-3-7/h2-3H2,1H3. The normalized spacial score (nSPS) is 18.8. The fraction of sp³-hybridized carbons (Fsp3) is 0.571. The average molecular weight is 227 g/mol. The molecule has 0 radical (unpaired) electrons. The Morgan fingerprint density at radius 3 is 2.58 bits per heavy atom. The van der Waals surface area contributed by atoms with Gasteiger partial charge in [-0.3, -0.25) is 0 Å². The molecule has 0 saturated heterocycles. The van der Waals surface area contributed by atoms with Gasteiger partial charge >= 0.3 is 0 Å². The van der Waals surface area contributed by atoms with E-state index in [1.807, 2.05) is 0 Å². The van der Waals surface area contributed by atoms with E-state index in [9.17, 15) is 0 Å². The van der Waals surface area contributed by atoms with Gasteiger partial charge in [0, 0.05) is 7.05 Å². The number of aryl methyl sites for hydroxylation is 1. The predicted molar refractivity (Wildman–Crippen MR) is 45.2 cm³/mol. The van der Waals surface area contributed by atoms with Crippen LogP contribution in [0.25, 0.3) is 0 Å². The zero-order valence-electron chi connectivity index (χ0n) is 6.58. The molecule has 0 bridgehead atoms. The third-order valence-electron chi connectivity index (χ3n) is 2.09. The van der Waals surface area contributed by atoms with Gasteiger partial charge in [-0.15, -0.1) is 5.10 Å². The Morgan fingerprint density at radius 2 is 2.25 bits per heavy atom. The minimum atomic E-state index is -0.340. The van der Waals surface area contributed by atoms with E-state index < -0.39 is 0 Å². The van der Waals surface area contributed by atoms with Crippen molar-refractivity contribution < 1.29 is 0 Å². The molecule has 0 aromatic carbocycles. The quantitative estimate of drug-likeness (QED) is 0.722. The van der Waals surface area contributed by atoms with Crippen molar-refractivity contribution in [3.8, 4) is 6.07 Å². The van der Waals surface area contributed by atoms with Crippen molar-refractivity contribution in [2.24, 2.45) is 7.05 Å². The van der Waals surface area contributed by atoms with Crippen LogP contribution in [0.2, 0.25) is 0 Å². The molecule has 1 aromatic heterocycles. The second-order valence-electron chi connectivity index (χ2n) is 3.02. The Labute approximate surface area is 78.3 Å². The van der Waals surface area contributed by atoms with Crippen molar-refractivity contribution in [2.45, 2.75) is 18.3 Å². The molecule has 4 nitrogen and oxygen atoms in total. The van der Waals surface area contributed by atoms with Crippen LogP contribution < -0.4 is 0 Å². The highest BCUT2D eigenvalue weighted by molar-refractivity contribution is 9.10. The largest absolute Gasteiger partial charge is 0.197 e. The first-order valence-corrected chi connectivity index (χ1v) is 4.46. The van der Waals surface area contributed by atoms with Gasteiger partial charge in [-0.1, -0.05) is 0 Å². The first-order chi connectivity index (χ1) is 5.68. The highest BCUT2D eigenvalue weighted by Gasteiger charge is 2.49. The monoisotopic (exact) mass is 226 g/mol. The van der Waals surface area contributed by atoms with Crippen LogP contribution in [0.1, 0.15) is 18.5 Å². The van der Waals surface area contributed by atoms with Gasteiger partial charge in [0.15, 0.2) is 4.60 Å². The Balaban J connectivity index is 2.48. The smallest absolute Gasteiger partial charge is 0.153 e. The maximum atomic E-state index is 8.90. The molecular formula is C7H7BrN4. The van der Waals surface area contributed by atoms with E-state index in [4.69, 9.17) is 5.26 Å². The Kier molecular flexibility index (Phi) is 1.48. The minimum Gasteiger partial charge on any atom is -0.197 e. The molecule has 5 heteroatoms. The van der Waals surface area contributed by atoms with E-state index in [1.165, 1.54) is 4.80 Å². The van der Waals surface area contributed by atoms with Crippen LogP contribution in [0.5, 0.6) is 0 Å². The van der Waals surface area contributed by atoms with Crippen molar-refractivity contribution in [1.29, 1.82) is 5.26 Å². The summed E-state index contributed by atoms with van der Waals surface area (Å²) in [4.78, 5) is 1.48. The number of hydrogen-bond acceptors (Lipinski definition) is 3. The first-order valence-electron chi connectivity index (χ1n) is 3.66. The number of rotatable bonds is 1. The zero-order valence-corrected chi connectivity index (χ0v) is 8.17. The predicted octanol–water partition coefficient (Wildman–Crippen LogP) is 1.13. The summed E-state index contributed by atoms with van der Waals surface area (Å²) in [6.45, 7) is 0. The molecular weight excluding hydrogens is 220 g/mol. The fourth-order valence-corrected chi connectivity index (χ4v) is 1.89. The van der Waals surface area contributed by atoms with Gasteiger partial charge in [0.05, 0.1) is 6.07 Å². The number of nitriles is 1. The summed E-state index contributed by atoms with van der Waals surface area (Å²) in [5, 5.41) is 17.1. The summed E-state index contributed by atoms with van der Waals surface area (Å²) in [6, 6.07) is 2.28. The maximum absolute atomic E-state index is 8.90. The van der Waals surface area contributed by atoms with E-state index in [1.54, 1.807) is 7.05 Å². The first kappa shape index (κ1) is 7.74. The lowest BCUT2D eigenvalue weighted by Gasteiger charge is -1.97. The summed E-state index contributed by atoms with van der Waals surface area (Å²) in [5.41, 5.74) is 0.445. The van der Waals surface area contributed by atoms with E-state index in [2.05, 4.69) is 32.2 Å². The Hall–Kier alpha value is -0.890. The van der Waals surface area contributed by atoms with Gasteiger partial charge in [-0.05, 0) is 28.8 Å². The van der Waals surface area contributed by atoms with E-state index in [-0.39, 0.29) is 5.41 Å². The topological polar surface area (TPSA) is 54.5 Å². The summed E-state index contributed by atoms with van der Waals surface area (Å²) in [6.07, 6.45) is 1.81. The third-order valence-corrected chi connectivity index (χ3v) is 2.62. The van der Waals surface area contributed by atoms with Crippen LogP contribution in [-0.2, 0) is 12.5 Å². The van der Waals surface area contributed by atoms with E-state index >= 15 is 0 Å². The molecule has 1 saturated carbocycles. The van der Waals surface area contributed by atoms with Crippen LogP contribution >= 0.6 is 15.9 Å². The number of nitrogens with zero attached hydrogens (tertiary/aromatic N) is 4. The molecule has 0 amide bonds. The molecule has 1 fully saturated rings. The second-order valence-corrected chi connectivity index (χ2v) is 3.77. The molecule has 0 aliphatic heterocycles. The Morgan fingerprint density at radius 1 is 1.58 bits per heavy atom. The highest BCUT2D eigenvalue weighted by Crippen LogP contribution is 2.48. The SMILES string of the molecule is Cn1nc(Br)c(C2(C#N)CC2)n1. The fourth-order valence-electron chi connectivity index (χ4n) is 1.20. The van der Waals surface area contributed by atoms with Gasteiger partial charge in [-0.25, -0.2) is 0 Å². The molecule has 0 N–H and O–H groups in total. The van der Waals surface area contributed by atoms with Crippen molar-refractivity contribution in [3.63, 3.8) is 0 Å². The molecule has 1 aromatic rings. The number of hydrogen-bond donors (Lipinski definition) is 0. The molecule has 1 heterocycles. The van der Waals surface area contributed by atoms with Crippen molar-refractivity contribution in [2.75, 3.05) is 0 Å². The molecule has 2 rings (SSSR count). The van der Waals surface area contributed by atoms with Gasteiger partial charge in [0.25, 0.3) is 0 Å². The molecule has 0 unspecified atom stereocenters. The average Bonchev–Trinajstić information content (AvgIpc) is 2.74. The molecule has 1 aliphatic carbocycles. The van der Waals surface area contributed by atoms with Gasteiger partial charge in [0.1, 0.15) is 11.1 Å². The molecule has 12 heavy (non-hydrogen) atoms. The van der Waals surface area contributed by atoms with Crippen molar-refractivity contribution in [3.05, 3.63) is 10.3 Å². The lowest BCUT2D eigenvalue weighted by atomic mass is 10.1. The highest BCUT2D eigenvalue weighted by atomic mass is 79.9. The molecule has 62 valence electrons. The molecule has 1 aliphatic rings. The van der Waals surface area contributed by atoms with Crippen LogP contribution in [0.4, 0.5) is 0 Å². The molecule has 0 atom stereocenters. The lowest BCUT2D eigenvalue weighted by Crippen LogP contribution is -2.05. The van der Waals surface area contributed by atoms with Gasteiger partial charge in [0.2, 0.25) is 0 Å². The van der Waals surface area contributed by atoms with Crippen LogP contribution in [0.15, 0.2) is 4.60 Å². The number of aromatic nitrogens is 3. The van der Waals surface area contributed by atoms with Crippen molar-refractivity contribution >= 4 is 15.9 Å². The van der Waals surface area contributed by atoms with Crippen molar-refractivity contribution in [1.82, 2.24) is 15.0 Å². The lowest BCUT2D eigenvalue weighted by molar-refractivity contribution is 0.636. The minimum absolute atomic E-state index is 0.340. The second kappa shape index (κ2) is 2.30. The third kappa shape index (κ3) is 0.950.